The summed E-state index contributed by atoms with van der Waals surface area (Å²) < 4.78 is 26.3. The van der Waals surface area contributed by atoms with Gasteiger partial charge < -0.3 is 10.2 Å². The average molecular weight is 397 g/mol. The Labute approximate surface area is 163 Å². The first kappa shape index (κ1) is 21.6. The molecule has 1 aromatic rings. The molecule has 8 heteroatoms. The van der Waals surface area contributed by atoms with Crippen LogP contribution in [-0.2, 0) is 10.0 Å². The van der Waals surface area contributed by atoms with Gasteiger partial charge in [0, 0.05) is 32.9 Å². The van der Waals surface area contributed by atoms with E-state index in [0.29, 0.717) is 24.1 Å². The van der Waals surface area contributed by atoms with Crippen LogP contribution in [0.1, 0.15) is 56.8 Å². The van der Waals surface area contributed by atoms with Crippen LogP contribution in [0.4, 0.5) is 5.82 Å². The van der Waals surface area contributed by atoms with Gasteiger partial charge in [-0.2, -0.15) is 0 Å². The fourth-order valence-corrected chi connectivity index (χ4v) is 3.92. The molecule has 27 heavy (non-hydrogen) atoms. The summed E-state index contributed by atoms with van der Waals surface area (Å²) in [6, 6.07) is 3.94. The normalized spacial score (nSPS) is 20.9. The Morgan fingerprint density at radius 3 is 2.30 bits per heavy atom. The van der Waals surface area contributed by atoms with Gasteiger partial charge in [0.2, 0.25) is 10.0 Å². The third-order valence-electron chi connectivity index (χ3n) is 4.98. The maximum atomic E-state index is 12.2. The van der Waals surface area contributed by atoms with E-state index in [1.54, 1.807) is 47.1 Å². The van der Waals surface area contributed by atoms with Gasteiger partial charge in [0.15, 0.2) is 0 Å². The molecule has 1 saturated carbocycles. The van der Waals surface area contributed by atoms with Crippen LogP contribution < -0.4 is 10.0 Å². The molecule has 1 amide bonds. The molecule has 2 N–H and O–H groups in total. The second kappa shape index (κ2) is 8.56. The molecule has 0 radical (unpaired) electrons. The smallest absolute Gasteiger partial charge is 0.254 e. The molecule has 0 atom stereocenters. The van der Waals surface area contributed by atoms with E-state index >= 15 is 0 Å². The lowest BCUT2D eigenvalue weighted by Crippen LogP contribution is -2.42. The van der Waals surface area contributed by atoms with Crippen molar-refractivity contribution >= 4 is 21.7 Å². The molecule has 7 nitrogen and oxygen atoms in total. The Kier molecular flexibility index (Phi) is 6.86. The van der Waals surface area contributed by atoms with E-state index in [1.165, 1.54) is 4.90 Å². The number of rotatable bonds is 6. The molecule has 1 aliphatic carbocycles. The predicted octanol–water partition coefficient (Wildman–Crippen LogP) is 2.47. The molecule has 1 aromatic heterocycles. The molecule has 2 rings (SSSR count). The van der Waals surface area contributed by atoms with Gasteiger partial charge in [-0.15, -0.1) is 0 Å². The highest BCUT2D eigenvalue weighted by atomic mass is 32.2. The van der Waals surface area contributed by atoms with Gasteiger partial charge in [-0.3, -0.25) is 4.79 Å². The number of nitrogens with zero attached hydrogens (tertiary/aromatic N) is 2. The van der Waals surface area contributed by atoms with Gasteiger partial charge >= 0.3 is 0 Å². The van der Waals surface area contributed by atoms with Crippen LogP contribution in [0.5, 0.6) is 0 Å². The minimum Gasteiger partial charge on any atom is -0.367 e. The Morgan fingerprint density at radius 2 is 1.81 bits per heavy atom. The lowest BCUT2D eigenvalue weighted by Gasteiger charge is -2.30. The fraction of sp³-hybridized carbons (Fsp3) is 0.684. The number of anilines is 1. The van der Waals surface area contributed by atoms with E-state index in [9.17, 15) is 13.2 Å². The van der Waals surface area contributed by atoms with Crippen molar-refractivity contribution in [2.45, 2.75) is 57.2 Å². The van der Waals surface area contributed by atoms with Gasteiger partial charge in [-0.1, -0.05) is 0 Å². The first-order valence-electron chi connectivity index (χ1n) is 9.43. The third-order valence-corrected chi connectivity index (χ3v) is 7.14. The molecule has 0 unspecified atom stereocenters. The Balaban J connectivity index is 1.80. The first-order valence-corrected chi connectivity index (χ1v) is 10.9. The maximum absolute atomic E-state index is 12.2. The highest BCUT2D eigenvalue weighted by molar-refractivity contribution is 7.90. The summed E-state index contributed by atoms with van der Waals surface area (Å²) in [4.78, 5) is 17.8. The molecule has 1 heterocycles. The van der Waals surface area contributed by atoms with E-state index in [0.717, 1.165) is 31.5 Å². The van der Waals surface area contributed by atoms with Crippen LogP contribution in [-0.4, -0.2) is 55.6 Å². The maximum Gasteiger partial charge on any atom is 0.254 e. The predicted molar refractivity (Wildman–Crippen MR) is 108 cm³/mol. The zero-order chi connectivity index (χ0) is 20.2. The topological polar surface area (TPSA) is 91.4 Å². The van der Waals surface area contributed by atoms with Crippen LogP contribution in [0.3, 0.4) is 0 Å². The average Bonchev–Trinajstić information content (AvgIpc) is 2.60. The van der Waals surface area contributed by atoms with Crippen molar-refractivity contribution in [3.63, 3.8) is 0 Å². The number of hydrogen-bond donors (Lipinski definition) is 2. The fourth-order valence-electron chi connectivity index (χ4n) is 3.03. The molecule has 0 aliphatic heterocycles. The molecule has 0 bridgehead atoms. The molecular weight excluding hydrogens is 364 g/mol. The number of sulfonamides is 1. The number of nitrogens with one attached hydrogen (secondary N) is 2. The molecule has 152 valence electrons. The summed E-state index contributed by atoms with van der Waals surface area (Å²) in [5.74, 6) is 1.07. The van der Waals surface area contributed by atoms with E-state index in [1.807, 2.05) is 6.07 Å². The SMILES string of the molecule is CN(C)C(=O)c1ccc(NC2CCC(CNS(=O)(=O)C(C)(C)C)CC2)nc1. The Hall–Kier alpha value is -1.67. The molecule has 0 saturated heterocycles. The lowest BCUT2D eigenvalue weighted by atomic mass is 9.86. The first-order chi connectivity index (χ1) is 12.5. The summed E-state index contributed by atoms with van der Waals surface area (Å²) in [7, 11) is 0.150. The van der Waals surface area contributed by atoms with Crippen molar-refractivity contribution < 1.29 is 13.2 Å². The summed E-state index contributed by atoms with van der Waals surface area (Å²) in [5.41, 5.74) is 0.570. The van der Waals surface area contributed by atoms with Crippen molar-refractivity contribution in [3.8, 4) is 0 Å². The number of hydrogen-bond acceptors (Lipinski definition) is 5. The minimum absolute atomic E-state index is 0.0627. The highest BCUT2D eigenvalue weighted by Crippen LogP contribution is 2.26. The second-order valence-electron chi connectivity index (χ2n) is 8.46. The summed E-state index contributed by atoms with van der Waals surface area (Å²) >= 11 is 0. The van der Waals surface area contributed by atoms with Crippen LogP contribution >= 0.6 is 0 Å². The van der Waals surface area contributed by atoms with Crippen LogP contribution in [0.2, 0.25) is 0 Å². The monoisotopic (exact) mass is 396 g/mol. The van der Waals surface area contributed by atoms with Gasteiger partial charge in [0.1, 0.15) is 5.82 Å². The highest BCUT2D eigenvalue weighted by Gasteiger charge is 2.30. The van der Waals surface area contributed by atoms with Crippen molar-refractivity contribution in [1.29, 1.82) is 0 Å². The van der Waals surface area contributed by atoms with E-state index in [-0.39, 0.29) is 5.91 Å². The van der Waals surface area contributed by atoms with Crippen LogP contribution in [0, 0.1) is 5.92 Å². The number of aromatic nitrogens is 1. The quantitative estimate of drug-likeness (QED) is 0.771. The zero-order valence-corrected chi connectivity index (χ0v) is 17.8. The van der Waals surface area contributed by atoms with Crippen molar-refractivity contribution in [2.75, 3.05) is 26.0 Å². The van der Waals surface area contributed by atoms with Gasteiger partial charge in [0.05, 0.1) is 10.3 Å². The summed E-state index contributed by atoms with van der Waals surface area (Å²) in [6.45, 7) is 5.63. The Bertz CT molecular complexity index is 731. The number of amides is 1. The molecule has 0 spiro atoms. The van der Waals surface area contributed by atoms with Crippen molar-refractivity contribution in [2.24, 2.45) is 5.92 Å². The zero-order valence-electron chi connectivity index (χ0n) is 16.9. The number of carbonyl (C=O) groups is 1. The number of pyridine rings is 1. The molecule has 1 aliphatic rings. The van der Waals surface area contributed by atoms with Crippen LogP contribution in [0.25, 0.3) is 0 Å². The summed E-state index contributed by atoms with van der Waals surface area (Å²) in [6.07, 6.45) is 5.49. The van der Waals surface area contributed by atoms with Gasteiger partial charge in [-0.25, -0.2) is 18.1 Å². The van der Waals surface area contributed by atoms with Crippen molar-refractivity contribution in [1.82, 2.24) is 14.6 Å². The molecular formula is C19H32N4O3S. The van der Waals surface area contributed by atoms with E-state index in [2.05, 4.69) is 15.0 Å². The van der Waals surface area contributed by atoms with Crippen LogP contribution in [0.15, 0.2) is 18.3 Å². The standard InChI is InChI=1S/C19H32N4O3S/c1-19(2,3)27(25,26)21-12-14-6-9-16(10-7-14)22-17-11-8-15(13-20-17)18(24)23(4)5/h8,11,13-14,16,21H,6-7,9-10,12H2,1-5H3,(H,20,22). The number of carbonyl (C=O) groups excluding carboxylic acids is 1. The Morgan fingerprint density at radius 1 is 1.19 bits per heavy atom. The third kappa shape index (κ3) is 5.90. The largest absolute Gasteiger partial charge is 0.367 e. The second-order valence-corrected chi connectivity index (χ2v) is 11.0. The van der Waals surface area contributed by atoms with E-state index in [4.69, 9.17) is 0 Å². The molecule has 1 fully saturated rings. The summed E-state index contributed by atoms with van der Waals surface area (Å²) in [5, 5.41) is 3.42. The van der Waals surface area contributed by atoms with Gasteiger partial charge in [0.25, 0.3) is 5.91 Å². The van der Waals surface area contributed by atoms with E-state index < -0.39 is 14.8 Å². The lowest BCUT2D eigenvalue weighted by molar-refractivity contribution is 0.0827. The molecule has 0 aromatic carbocycles. The van der Waals surface area contributed by atoms with Crippen molar-refractivity contribution in [3.05, 3.63) is 23.9 Å². The van der Waals surface area contributed by atoms with Gasteiger partial charge in [-0.05, 0) is 64.5 Å². The minimum atomic E-state index is -3.28.